The first-order chi connectivity index (χ1) is 12.5. The second kappa shape index (κ2) is 8.32. The van der Waals surface area contributed by atoms with Crippen molar-refractivity contribution in [3.8, 4) is 0 Å². The number of carbonyl (C=O) groups excluding carboxylic acids is 2. The number of ether oxygens (including phenoxy) is 1. The number of hydrogen-bond donors (Lipinski definition) is 0. The average molecular weight is 354 g/mol. The summed E-state index contributed by atoms with van der Waals surface area (Å²) in [5, 5.41) is 2.19. The number of benzene rings is 2. The molecule has 1 fully saturated rings. The van der Waals surface area contributed by atoms with Crippen molar-refractivity contribution < 1.29 is 14.3 Å². The number of carbonyl (C=O) groups is 2. The van der Waals surface area contributed by atoms with Crippen molar-refractivity contribution in [1.29, 1.82) is 0 Å². The van der Waals surface area contributed by atoms with Gasteiger partial charge in [-0.3, -0.25) is 9.59 Å². The van der Waals surface area contributed by atoms with Crippen LogP contribution in [0.4, 0.5) is 0 Å². The Labute approximate surface area is 154 Å². The van der Waals surface area contributed by atoms with E-state index >= 15 is 0 Å². The summed E-state index contributed by atoms with van der Waals surface area (Å²) in [5.74, 6) is 0.0298. The van der Waals surface area contributed by atoms with Crippen LogP contribution >= 0.6 is 0 Å². The van der Waals surface area contributed by atoms with Gasteiger partial charge in [0, 0.05) is 31.7 Å². The van der Waals surface area contributed by atoms with E-state index in [0.29, 0.717) is 31.7 Å². The van der Waals surface area contributed by atoms with Gasteiger partial charge in [0.05, 0.1) is 6.10 Å². The summed E-state index contributed by atoms with van der Waals surface area (Å²) in [4.78, 5) is 28.8. The lowest BCUT2D eigenvalue weighted by molar-refractivity contribution is -0.137. The Bertz CT molecular complexity index is 788. The number of rotatable bonds is 4. The normalized spacial score (nSPS) is 15.3. The summed E-state index contributed by atoms with van der Waals surface area (Å²) < 4.78 is 5.41. The summed E-state index contributed by atoms with van der Waals surface area (Å²) in [6.45, 7) is 6.39. The summed E-state index contributed by atoms with van der Waals surface area (Å²) in [5.41, 5.74) is 0.701. The standard InChI is InChI=1S/C21H26N2O3/c1-16(2)26-15-20(24)22-10-5-11-23(13-12-22)21(25)19-9-8-17-6-3-4-7-18(17)14-19/h3-4,6-9,14,16H,5,10-13,15H2,1-2H3. The van der Waals surface area contributed by atoms with Crippen LogP contribution in [-0.2, 0) is 9.53 Å². The molecule has 0 aliphatic carbocycles. The van der Waals surface area contributed by atoms with E-state index in [4.69, 9.17) is 4.74 Å². The van der Waals surface area contributed by atoms with Crippen LogP contribution in [0.15, 0.2) is 42.5 Å². The predicted molar refractivity (Wildman–Crippen MR) is 102 cm³/mol. The largest absolute Gasteiger partial charge is 0.369 e. The fourth-order valence-corrected chi connectivity index (χ4v) is 3.20. The van der Waals surface area contributed by atoms with Gasteiger partial charge in [-0.2, -0.15) is 0 Å². The molecule has 5 nitrogen and oxygen atoms in total. The van der Waals surface area contributed by atoms with Gasteiger partial charge >= 0.3 is 0 Å². The van der Waals surface area contributed by atoms with E-state index in [1.807, 2.05) is 61.2 Å². The van der Waals surface area contributed by atoms with Crippen LogP contribution in [-0.4, -0.2) is 60.5 Å². The van der Waals surface area contributed by atoms with Crippen LogP contribution in [0.1, 0.15) is 30.6 Å². The molecular weight excluding hydrogens is 328 g/mol. The zero-order valence-corrected chi connectivity index (χ0v) is 15.5. The Morgan fingerprint density at radius 1 is 0.962 bits per heavy atom. The second-order valence-electron chi connectivity index (χ2n) is 6.95. The molecule has 1 heterocycles. The minimum absolute atomic E-state index is 0.00120. The van der Waals surface area contributed by atoms with Crippen molar-refractivity contribution >= 4 is 22.6 Å². The van der Waals surface area contributed by atoms with E-state index in [1.165, 1.54) is 0 Å². The van der Waals surface area contributed by atoms with Crippen LogP contribution in [0.3, 0.4) is 0 Å². The maximum atomic E-state index is 12.9. The van der Waals surface area contributed by atoms with Crippen molar-refractivity contribution in [3.05, 3.63) is 48.0 Å². The van der Waals surface area contributed by atoms with Gasteiger partial charge in [0.25, 0.3) is 5.91 Å². The highest BCUT2D eigenvalue weighted by Gasteiger charge is 2.23. The number of fused-ring (bicyclic) bond motifs is 1. The number of nitrogens with zero attached hydrogens (tertiary/aromatic N) is 2. The Hall–Kier alpha value is -2.40. The summed E-state index contributed by atoms with van der Waals surface area (Å²) >= 11 is 0. The Morgan fingerprint density at radius 2 is 1.65 bits per heavy atom. The second-order valence-corrected chi connectivity index (χ2v) is 6.95. The van der Waals surface area contributed by atoms with Gasteiger partial charge in [-0.05, 0) is 43.2 Å². The van der Waals surface area contributed by atoms with Gasteiger partial charge in [0.15, 0.2) is 0 Å². The van der Waals surface area contributed by atoms with Gasteiger partial charge in [0.2, 0.25) is 5.91 Å². The highest BCUT2D eigenvalue weighted by atomic mass is 16.5. The topological polar surface area (TPSA) is 49.9 Å². The van der Waals surface area contributed by atoms with E-state index in [9.17, 15) is 9.59 Å². The molecule has 0 N–H and O–H groups in total. The lowest BCUT2D eigenvalue weighted by Crippen LogP contribution is -2.39. The fraction of sp³-hybridized carbons (Fsp3) is 0.429. The molecule has 1 aliphatic heterocycles. The summed E-state index contributed by atoms with van der Waals surface area (Å²) in [7, 11) is 0. The van der Waals surface area contributed by atoms with E-state index < -0.39 is 0 Å². The molecular formula is C21H26N2O3. The molecule has 3 rings (SSSR count). The molecule has 0 unspecified atom stereocenters. The maximum Gasteiger partial charge on any atom is 0.253 e. The smallest absolute Gasteiger partial charge is 0.253 e. The SMILES string of the molecule is CC(C)OCC(=O)N1CCCN(C(=O)c2ccc3ccccc3c2)CC1. The lowest BCUT2D eigenvalue weighted by atomic mass is 10.1. The highest BCUT2D eigenvalue weighted by molar-refractivity contribution is 5.98. The third kappa shape index (κ3) is 4.41. The lowest BCUT2D eigenvalue weighted by Gasteiger charge is -2.22. The molecule has 138 valence electrons. The number of hydrogen-bond acceptors (Lipinski definition) is 3. The molecule has 0 atom stereocenters. The van der Waals surface area contributed by atoms with Gasteiger partial charge in [-0.25, -0.2) is 0 Å². The minimum atomic E-state index is -0.00120. The third-order valence-corrected chi connectivity index (χ3v) is 4.67. The average Bonchev–Trinajstić information content (AvgIpc) is 2.91. The molecule has 0 spiro atoms. The van der Waals surface area contributed by atoms with Crippen LogP contribution in [0.2, 0.25) is 0 Å². The molecule has 1 saturated heterocycles. The Morgan fingerprint density at radius 3 is 2.42 bits per heavy atom. The fourth-order valence-electron chi connectivity index (χ4n) is 3.20. The molecule has 0 radical (unpaired) electrons. The summed E-state index contributed by atoms with van der Waals surface area (Å²) in [6, 6.07) is 13.8. The minimum Gasteiger partial charge on any atom is -0.369 e. The zero-order chi connectivity index (χ0) is 18.5. The molecule has 2 amide bonds. The Balaban J connectivity index is 1.64. The van der Waals surface area contributed by atoms with Crippen molar-refractivity contribution in [3.63, 3.8) is 0 Å². The van der Waals surface area contributed by atoms with E-state index in [0.717, 1.165) is 17.2 Å². The van der Waals surface area contributed by atoms with Gasteiger partial charge in [0.1, 0.15) is 6.61 Å². The third-order valence-electron chi connectivity index (χ3n) is 4.67. The first kappa shape index (κ1) is 18.4. The van der Waals surface area contributed by atoms with E-state index in [-0.39, 0.29) is 24.5 Å². The van der Waals surface area contributed by atoms with Crippen LogP contribution in [0, 0.1) is 0 Å². The quantitative estimate of drug-likeness (QED) is 0.848. The predicted octanol–water partition coefficient (Wildman–Crippen LogP) is 2.94. The Kier molecular flexibility index (Phi) is 5.89. The van der Waals surface area contributed by atoms with Crippen LogP contribution in [0.25, 0.3) is 10.8 Å². The first-order valence-corrected chi connectivity index (χ1v) is 9.22. The maximum absolute atomic E-state index is 12.9. The van der Waals surface area contributed by atoms with Crippen molar-refractivity contribution in [2.75, 3.05) is 32.8 Å². The molecule has 2 aromatic rings. The molecule has 0 saturated carbocycles. The first-order valence-electron chi connectivity index (χ1n) is 9.22. The highest BCUT2D eigenvalue weighted by Crippen LogP contribution is 2.17. The summed E-state index contributed by atoms with van der Waals surface area (Å²) in [6.07, 6.45) is 0.823. The molecule has 0 aromatic heterocycles. The van der Waals surface area contributed by atoms with Crippen LogP contribution in [0.5, 0.6) is 0 Å². The zero-order valence-electron chi connectivity index (χ0n) is 15.5. The van der Waals surface area contributed by atoms with Gasteiger partial charge < -0.3 is 14.5 Å². The van der Waals surface area contributed by atoms with Crippen molar-refractivity contribution in [2.24, 2.45) is 0 Å². The van der Waals surface area contributed by atoms with E-state index in [1.54, 1.807) is 4.90 Å². The van der Waals surface area contributed by atoms with E-state index in [2.05, 4.69) is 0 Å². The van der Waals surface area contributed by atoms with Crippen molar-refractivity contribution in [2.45, 2.75) is 26.4 Å². The van der Waals surface area contributed by atoms with Crippen molar-refractivity contribution in [1.82, 2.24) is 9.80 Å². The molecule has 26 heavy (non-hydrogen) atoms. The molecule has 1 aliphatic rings. The monoisotopic (exact) mass is 354 g/mol. The van der Waals surface area contributed by atoms with Gasteiger partial charge in [-0.15, -0.1) is 0 Å². The molecule has 5 heteroatoms. The number of amides is 2. The molecule has 2 aromatic carbocycles. The van der Waals surface area contributed by atoms with Crippen LogP contribution < -0.4 is 0 Å². The van der Waals surface area contributed by atoms with Gasteiger partial charge in [-0.1, -0.05) is 30.3 Å². The molecule has 0 bridgehead atoms.